The van der Waals surface area contributed by atoms with Crippen LogP contribution in [0, 0.1) is 30.9 Å². The molecule has 0 spiro atoms. The van der Waals surface area contributed by atoms with Gasteiger partial charge in [0.25, 0.3) is 11.2 Å². The van der Waals surface area contributed by atoms with Crippen LogP contribution in [0.15, 0.2) is 53.5 Å². The number of fused-ring (bicyclic) bond motifs is 1. The summed E-state index contributed by atoms with van der Waals surface area (Å²) in [4.78, 5) is 23.8. The van der Waals surface area contributed by atoms with E-state index < -0.39 is 4.92 Å². The minimum Gasteiger partial charge on any atom is -0.265 e. The molecule has 0 saturated heterocycles. The first kappa shape index (κ1) is 18.5. The quantitative estimate of drug-likeness (QED) is 0.393. The van der Waals surface area contributed by atoms with Gasteiger partial charge < -0.3 is 0 Å². The van der Waals surface area contributed by atoms with Gasteiger partial charge in [0, 0.05) is 17.5 Å². The number of nitro benzene ring substituents is 1. The van der Waals surface area contributed by atoms with Crippen molar-refractivity contribution in [2.24, 2.45) is 0 Å². The monoisotopic (exact) mass is 389 g/mol. The summed E-state index contributed by atoms with van der Waals surface area (Å²) in [6, 6.07) is 12.1. The molecule has 146 valence electrons. The number of nitrogens with zero attached hydrogens (tertiary/aromatic N) is 5. The molecule has 0 saturated carbocycles. The zero-order valence-electron chi connectivity index (χ0n) is 16.3. The first-order chi connectivity index (χ1) is 13.8. The Labute approximate surface area is 166 Å². The number of hydrogen-bond donors (Lipinski definition) is 0. The molecule has 2 aromatic carbocycles. The Morgan fingerprint density at radius 2 is 1.86 bits per heavy atom. The van der Waals surface area contributed by atoms with Crippen molar-refractivity contribution >= 4 is 16.6 Å². The largest absolute Gasteiger partial charge is 0.293 e. The smallest absolute Gasteiger partial charge is 0.265 e. The lowest BCUT2D eigenvalue weighted by Crippen LogP contribution is -2.26. The fourth-order valence-corrected chi connectivity index (χ4v) is 3.32. The second kappa shape index (κ2) is 6.97. The van der Waals surface area contributed by atoms with Crippen molar-refractivity contribution in [3.63, 3.8) is 0 Å². The van der Waals surface area contributed by atoms with Crippen LogP contribution in [-0.4, -0.2) is 24.5 Å². The minimum atomic E-state index is -0.455. The molecule has 0 amide bonds. The van der Waals surface area contributed by atoms with Crippen molar-refractivity contribution < 1.29 is 4.92 Å². The molecule has 0 fully saturated rings. The van der Waals surface area contributed by atoms with E-state index in [-0.39, 0.29) is 17.8 Å². The highest BCUT2D eigenvalue weighted by atomic mass is 16.6. The molecule has 0 bridgehead atoms. The van der Waals surface area contributed by atoms with Crippen LogP contribution in [0.5, 0.6) is 0 Å². The van der Waals surface area contributed by atoms with E-state index in [1.807, 2.05) is 39.0 Å². The second-order valence-corrected chi connectivity index (χ2v) is 7.06. The molecule has 8 heteroatoms. The van der Waals surface area contributed by atoms with Gasteiger partial charge in [0.05, 0.1) is 29.0 Å². The van der Waals surface area contributed by atoms with E-state index in [1.165, 1.54) is 16.8 Å². The zero-order valence-corrected chi connectivity index (χ0v) is 16.3. The molecular weight excluding hydrogens is 370 g/mol. The molecule has 0 N–H and O–H groups in total. The van der Waals surface area contributed by atoms with Gasteiger partial charge in [-0.1, -0.05) is 18.2 Å². The second-order valence-electron chi connectivity index (χ2n) is 7.06. The molecule has 0 atom stereocenters. The third kappa shape index (κ3) is 3.29. The summed E-state index contributed by atoms with van der Waals surface area (Å²) >= 11 is 0. The number of hydrogen-bond acceptors (Lipinski definition) is 5. The average molecular weight is 389 g/mol. The Balaban J connectivity index is 1.86. The summed E-state index contributed by atoms with van der Waals surface area (Å²) in [5.41, 5.74) is 4.48. The molecule has 2 heterocycles. The first-order valence-electron chi connectivity index (χ1n) is 9.11. The fourth-order valence-electron chi connectivity index (χ4n) is 3.32. The zero-order chi connectivity index (χ0) is 20.7. The lowest BCUT2D eigenvalue weighted by molar-refractivity contribution is -0.384. The van der Waals surface area contributed by atoms with Crippen LogP contribution in [-0.2, 0) is 6.54 Å². The molecule has 0 radical (unpaired) electrons. The molecule has 8 nitrogen and oxygen atoms in total. The fraction of sp³-hybridized carbons (Fsp3) is 0.190. The van der Waals surface area contributed by atoms with Gasteiger partial charge >= 0.3 is 0 Å². The summed E-state index contributed by atoms with van der Waals surface area (Å²) in [6.45, 7) is 5.99. The predicted molar refractivity (Wildman–Crippen MR) is 110 cm³/mol. The maximum Gasteiger partial charge on any atom is 0.293 e. The molecule has 4 aromatic rings. The van der Waals surface area contributed by atoms with E-state index in [0.717, 1.165) is 16.8 Å². The molecule has 0 unspecified atom stereocenters. The van der Waals surface area contributed by atoms with Gasteiger partial charge in [0.2, 0.25) is 0 Å². The van der Waals surface area contributed by atoms with Gasteiger partial charge in [-0.15, -0.1) is 0 Å². The van der Waals surface area contributed by atoms with Crippen molar-refractivity contribution in [3.05, 3.63) is 91.5 Å². The topological polar surface area (TPSA) is 95.8 Å². The van der Waals surface area contributed by atoms with Gasteiger partial charge in [0.15, 0.2) is 0 Å². The Bertz CT molecular complexity index is 1320. The summed E-state index contributed by atoms with van der Waals surface area (Å²) < 4.78 is 2.96. The van der Waals surface area contributed by atoms with Crippen molar-refractivity contribution in [2.75, 3.05) is 0 Å². The van der Waals surface area contributed by atoms with E-state index in [4.69, 9.17) is 0 Å². The highest BCUT2D eigenvalue weighted by molar-refractivity contribution is 5.81. The highest BCUT2D eigenvalue weighted by Crippen LogP contribution is 2.20. The number of non-ortho nitro benzene ring substituents is 1. The minimum absolute atomic E-state index is 0.0199. The first-order valence-corrected chi connectivity index (χ1v) is 9.11. The van der Waals surface area contributed by atoms with E-state index >= 15 is 0 Å². The number of aryl methyl sites for hydroxylation is 3. The maximum absolute atomic E-state index is 13.2. The summed E-state index contributed by atoms with van der Waals surface area (Å²) in [5, 5.41) is 20.5. The lowest BCUT2D eigenvalue weighted by Gasteiger charge is -2.10. The maximum atomic E-state index is 13.2. The summed E-state index contributed by atoms with van der Waals surface area (Å²) in [5.74, 6) is 0. The van der Waals surface area contributed by atoms with Crippen molar-refractivity contribution in [3.8, 4) is 5.69 Å². The van der Waals surface area contributed by atoms with Crippen molar-refractivity contribution in [2.45, 2.75) is 27.3 Å². The SMILES string of the molecule is Cc1ccc(-n2ncc3c(C)nn(Cc4cccc([N+](=O)[O-])c4)c(=O)c32)cc1C. The van der Waals surface area contributed by atoms with Gasteiger partial charge in [0.1, 0.15) is 5.52 Å². The number of aromatic nitrogens is 4. The molecule has 4 rings (SSSR count). The van der Waals surface area contributed by atoms with Crippen LogP contribution in [0.1, 0.15) is 22.4 Å². The van der Waals surface area contributed by atoms with Crippen LogP contribution in [0.2, 0.25) is 0 Å². The molecule has 29 heavy (non-hydrogen) atoms. The van der Waals surface area contributed by atoms with Gasteiger partial charge in [-0.25, -0.2) is 9.36 Å². The summed E-state index contributed by atoms with van der Waals surface area (Å²) in [6.07, 6.45) is 1.64. The van der Waals surface area contributed by atoms with Crippen molar-refractivity contribution in [1.82, 2.24) is 19.6 Å². The Kier molecular flexibility index (Phi) is 4.46. The molecule has 0 aliphatic rings. The number of nitro groups is 1. The average Bonchev–Trinajstić information content (AvgIpc) is 3.14. The Morgan fingerprint density at radius 3 is 2.59 bits per heavy atom. The molecule has 0 aliphatic heterocycles. The van der Waals surface area contributed by atoms with E-state index in [1.54, 1.807) is 23.0 Å². The number of rotatable bonds is 4. The molecule has 0 aliphatic carbocycles. The van der Waals surface area contributed by atoms with E-state index in [9.17, 15) is 14.9 Å². The van der Waals surface area contributed by atoms with Crippen LogP contribution in [0.25, 0.3) is 16.6 Å². The molecule has 2 aromatic heterocycles. The van der Waals surface area contributed by atoms with Crippen LogP contribution in [0.3, 0.4) is 0 Å². The van der Waals surface area contributed by atoms with Crippen LogP contribution < -0.4 is 5.56 Å². The van der Waals surface area contributed by atoms with Crippen molar-refractivity contribution in [1.29, 1.82) is 0 Å². The van der Waals surface area contributed by atoms with E-state index in [2.05, 4.69) is 10.2 Å². The normalized spacial score (nSPS) is 11.1. The van der Waals surface area contributed by atoms with Crippen LogP contribution >= 0.6 is 0 Å². The summed E-state index contributed by atoms with van der Waals surface area (Å²) in [7, 11) is 0. The number of benzene rings is 2. The molecular formula is C21H19N5O3. The van der Waals surface area contributed by atoms with E-state index in [0.29, 0.717) is 22.2 Å². The predicted octanol–water partition coefficient (Wildman–Crippen LogP) is 3.46. The Morgan fingerprint density at radius 1 is 1.07 bits per heavy atom. The van der Waals surface area contributed by atoms with Crippen LogP contribution in [0.4, 0.5) is 5.69 Å². The standard InChI is InChI=1S/C21H19N5O3/c1-13-7-8-17(9-14(13)2)25-20-19(11-22-25)15(3)23-24(21(20)27)12-16-5-4-6-18(10-16)26(28)29/h4-11H,12H2,1-3H3. The van der Waals surface area contributed by atoms with Gasteiger partial charge in [-0.3, -0.25) is 14.9 Å². The van der Waals surface area contributed by atoms with Gasteiger partial charge in [-0.05, 0) is 49.6 Å². The Hall–Kier alpha value is -3.81. The third-order valence-corrected chi connectivity index (χ3v) is 5.06. The lowest BCUT2D eigenvalue weighted by atomic mass is 10.1. The highest BCUT2D eigenvalue weighted by Gasteiger charge is 2.16. The third-order valence-electron chi connectivity index (χ3n) is 5.06. The van der Waals surface area contributed by atoms with Gasteiger partial charge in [-0.2, -0.15) is 10.2 Å².